The van der Waals surface area contributed by atoms with Gasteiger partial charge in [-0.05, 0) is 55.7 Å². The van der Waals surface area contributed by atoms with E-state index in [0.29, 0.717) is 6.61 Å². The van der Waals surface area contributed by atoms with Gasteiger partial charge in [-0.15, -0.1) is 0 Å². The molecule has 0 heterocycles. The van der Waals surface area contributed by atoms with Gasteiger partial charge >= 0.3 is 0 Å². The van der Waals surface area contributed by atoms with Crippen LogP contribution in [0.25, 0.3) is 0 Å². The minimum absolute atomic E-state index is 0.0198. The van der Waals surface area contributed by atoms with Crippen LogP contribution in [0.3, 0.4) is 0 Å². The highest BCUT2D eigenvalue weighted by Gasteiger charge is 2.44. The minimum Gasteiger partial charge on any atom is -0.491 e. The molecule has 1 aliphatic carbocycles. The smallest absolute Gasteiger partial charge is 0.240 e. The molecule has 0 bridgehead atoms. The summed E-state index contributed by atoms with van der Waals surface area (Å²) < 4.78 is 59.4. The standard InChI is InChI=1S/C18H19F2NO3S/c1-2-24-17-8-7-15(11-16(17)20)25(22,23)21-12-18(9-10-18)13-3-5-14(19)6-4-13/h3-8,11,21H,2,9-10,12H2,1H3. The molecule has 1 N–H and O–H groups in total. The normalized spacial score (nSPS) is 15.8. The van der Waals surface area contributed by atoms with E-state index in [4.69, 9.17) is 4.74 Å². The largest absolute Gasteiger partial charge is 0.491 e. The van der Waals surface area contributed by atoms with Crippen LogP contribution in [0.2, 0.25) is 0 Å². The van der Waals surface area contributed by atoms with Gasteiger partial charge in [-0.3, -0.25) is 0 Å². The molecular formula is C18H19F2NO3S. The molecule has 0 radical (unpaired) electrons. The molecule has 7 heteroatoms. The molecule has 0 spiro atoms. The SMILES string of the molecule is CCOc1ccc(S(=O)(=O)NCC2(c3ccc(F)cc3)CC2)cc1F. The Morgan fingerprint density at radius 3 is 2.36 bits per heavy atom. The first-order valence-corrected chi connectivity index (χ1v) is 9.53. The van der Waals surface area contributed by atoms with Crippen LogP contribution in [0, 0.1) is 11.6 Å². The molecule has 1 saturated carbocycles. The molecule has 134 valence electrons. The molecule has 0 aliphatic heterocycles. The summed E-state index contributed by atoms with van der Waals surface area (Å²) in [5, 5.41) is 0. The van der Waals surface area contributed by atoms with E-state index >= 15 is 0 Å². The van der Waals surface area contributed by atoms with Gasteiger partial charge in [-0.2, -0.15) is 0 Å². The van der Waals surface area contributed by atoms with E-state index in [2.05, 4.69) is 4.72 Å². The van der Waals surface area contributed by atoms with Gasteiger partial charge < -0.3 is 4.74 Å². The summed E-state index contributed by atoms with van der Waals surface area (Å²) in [5.41, 5.74) is 0.583. The Labute approximate surface area is 145 Å². The zero-order chi connectivity index (χ0) is 18.1. The number of hydrogen-bond donors (Lipinski definition) is 1. The number of benzene rings is 2. The Morgan fingerprint density at radius 2 is 1.80 bits per heavy atom. The van der Waals surface area contributed by atoms with Crippen LogP contribution in [-0.4, -0.2) is 21.6 Å². The maximum atomic E-state index is 13.9. The Hall–Kier alpha value is -1.99. The molecule has 0 saturated heterocycles. The van der Waals surface area contributed by atoms with Gasteiger partial charge in [0.15, 0.2) is 11.6 Å². The van der Waals surface area contributed by atoms with Gasteiger partial charge in [-0.1, -0.05) is 12.1 Å². The summed E-state index contributed by atoms with van der Waals surface area (Å²) in [7, 11) is -3.84. The molecule has 3 rings (SSSR count). The second-order valence-corrected chi connectivity index (χ2v) is 7.90. The number of ether oxygens (including phenoxy) is 1. The van der Waals surface area contributed by atoms with Crippen LogP contribution < -0.4 is 9.46 Å². The van der Waals surface area contributed by atoms with Crippen molar-refractivity contribution < 1.29 is 21.9 Å². The molecule has 1 fully saturated rings. The van der Waals surface area contributed by atoms with E-state index in [9.17, 15) is 17.2 Å². The van der Waals surface area contributed by atoms with E-state index in [0.717, 1.165) is 24.5 Å². The van der Waals surface area contributed by atoms with Crippen molar-refractivity contribution in [1.29, 1.82) is 0 Å². The van der Waals surface area contributed by atoms with Crippen molar-refractivity contribution in [2.75, 3.05) is 13.2 Å². The van der Waals surface area contributed by atoms with Crippen LogP contribution >= 0.6 is 0 Å². The number of hydrogen-bond acceptors (Lipinski definition) is 3. The van der Waals surface area contributed by atoms with Gasteiger partial charge in [-0.25, -0.2) is 21.9 Å². The fourth-order valence-electron chi connectivity index (χ4n) is 2.76. The molecule has 1 aliphatic rings. The molecule has 2 aromatic carbocycles. The van der Waals surface area contributed by atoms with E-state index in [1.807, 2.05) is 0 Å². The molecular weight excluding hydrogens is 348 g/mol. The molecule has 0 amide bonds. The number of sulfonamides is 1. The number of rotatable bonds is 7. The lowest BCUT2D eigenvalue weighted by Crippen LogP contribution is -2.32. The number of halogens is 2. The summed E-state index contributed by atoms with van der Waals surface area (Å²) >= 11 is 0. The average molecular weight is 367 g/mol. The maximum absolute atomic E-state index is 13.9. The van der Waals surface area contributed by atoms with Gasteiger partial charge in [0.2, 0.25) is 10.0 Å². The lowest BCUT2D eigenvalue weighted by molar-refractivity contribution is 0.321. The third-order valence-corrected chi connectivity index (χ3v) is 5.82. The Kier molecular flexibility index (Phi) is 4.79. The third kappa shape index (κ3) is 3.82. The monoisotopic (exact) mass is 367 g/mol. The van der Waals surface area contributed by atoms with Gasteiger partial charge in [0.05, 0.1) is 11.5 Å². The highest BCUT2D eigenvalue weighted by molar-refractivity contribution is 7.89. The van der Waals surface area contributed by atoms with Crippen LogP contribution in [0.1, 0.15) is 25.3 Å². The van der Waals surface area contributed by atoms with E-state index in [1.165, 1.54) is 24.3 Å². The van der Waals surface area contributed by atoms with Crippen LogP contribution in [-0.2, 0) is 15.4 Å². The van der Waals surface area contributed by atoms with Crippen molar-refractivity contribution in [3.8, 4) is 5.75 Å². The Balaban J connectivity index is 1.74. The van der Waals surface area contributed by atoms with Gasteiger partial charge in [0.25, 0.3) is 0 Å². The summed E-state index contributed by atoms with van der Waals surface area (Å²) in [6.07, 6.45) is 1.64. The van der Waals surface area contributed by atoms with Crippen molar-refractivity contribution in [2.24, 2.45) is 0 Å². The summed E-state index contributed by atoms with van der Waals surface area (Å²) in [4.78, 5) is -0.150. The van der Waals surface area contributed by atoms with Crippen molar-refractivity contribution in [1.82, 2.24) is 4.72 Å². The Morgan fingerprint density at radius 1 is 1.12 bits per heavy atom. The Bertz CT molecular complexity index is 862. The molecule has 4 nitrogen and oxygen atoms in total. The lowest BCUT2D eigenvalue weighted by atomic mass is 9.96. The van der Waals surface area contributed by atoms with Crippen LogP contribution in [0.4, 0.5) is 8.78 Å². The maximum Gasteiger partial charge on any atom is 0.240 e. The zero-order valence-electron chi connectivity index (χ0n) is 13.8. The van der Waals surface area contributed by atoms with Crippen molar-refractivity contribution in [3.63, 3.8) is 0 Å². The van der Waals surface area contributed by atoms with Crippen LogP contribution in [0.5, 0.6) is 5.75 Å². The summed E-state index contributed by atoms with van der Waals surface area (Å²) in [5.74, 6) is -1.03. The first-order chi connectivity index (χ1) is 11.9. The van der Waals surface area contributed by atoms with E-state index in [-0.39, 0.29) is 28.4 Å². The number of nitrogens with one attached hydrogen (secondary N) is 1. The summed E-state index contributed by atoms with van der Waals surface area (Å²) in [6, 6.07) is 9.65. The quantitative estimate of drug-likeness (QED) is 0.816. The minimum atomic E-state index is -3.84. The second-order valence-electron chi connectivity index (χ2n) is 6.14. The average Bonchev–Trinajstić information content (AvgIpc) is 3.37. The third-order valence-electron chi connectivity index (χ3n) is 4.42. The lowest BCUT2D eigenvalue weighted by Gasteiger charge is -2.17. The molecule has 0 unspecified atom stereocenters. The first kappa shape index (κ1) is 17.8. The van der Waals surface area contributed by atoms with E-state index < -0.39 is 15.8 Å². The van der Waals surface area contributed by atoms with Gasteiger partial charge in [0, 0.05) is 12.0 Å². The highest BCUT2D eigenvalue weighted by Crippen LogP contribution is 2.47. The van der Waals surface area contributed by atoms with Crippen molar-refractivity contribution >= 4 is 10.0 Å². The zero-order valence-corrected chi connectivity index (χ0v) is 14.6. The molecule has 2 aromatic rings. The molecule has 0 atom stereocenters. The fraction of sp³-hybridized carbons (Fsp3) is 0.333. The fourth-order valence-corrected chi connectivity index (χ4v) is 3.90. The summed E-state index contributed by atoms with van der Waals surface area (Å²) in [6.45, 7) is 2.20. The topological polar surface area (TPSA) is 55.4 Å². The van der Waals surface area contributed by atoms with Gasteiger partial charge in [0.1, 0.15) is 5.82 Å². The predicted molar refractivity (Wildman–Crippen MR) is 90.1 cm³/mol. The molecule has 25 heavy (non-hydrogen) atoms. The second kappa shape index (κ2) is 6.72. The predicted octanol–water partition coefficient (Wildman–Crippen LogP) is 3.37. The molecule has 0 aromatic heterocycles. The van der Waals surface area contributed by atoms with Crippen LogP contribution in [0.15, 0.2) is 47.4 Å². The first-order valence-electron chi connectivity index (χ1n) is 8.04. The van der Waals surface area contributed by atoms with Crippen molar-refractivity contribution in [3.05, 3.63) is 59.7 Å². The van der Waals surface area contributed by atoms with E-state index in [1.54, 1.807) is 19.1 Å². The van der Waals surface area contributed by atoms with Crippen molar-refractivity contribution in [2.45, 2.75) is 30.1 Å². The highest BCUT2D eigenvalue weighted by atomic mass is 32.2.